The lowest BCUT2D eigenvalue weighted by Crippen LogP contribution is -2.17. The van der Waals surface area contributed by atoms with Crippen molar-refractivity contribution in [1.29, 1.82) is 0 Å². The molecule has 0 atom stereocenters. The summed E-state index contributed by atoms with van der Waals surface area (Å²) in [6, 6.07) is 18.9. The second-order valence-electron chi connectivity index (χ2n) is 7.19. The van der Waals surface area contributed by atoms with E-state index in [2.05, 4.69) is 15.6 Å². The Morgan fingerprint density at radius 2 is 1.72 bits per heavy atom. The smallest absolute Gasteiger partial charge is 0.274 e. The number of anilines is 2. The van der Waals surface area contributed by atoms with Gasteiger partial charge in [0.2, 0.25) is 5.95 Å². The van der Waals surface area contributed by atoms with Crippen LogP contribution in [0.15, 0.2) is 60.7 Å². The van der Waals surface area contributed by atoms with E-state index in [1.165, 1.54) is 18.9 Å². The van der Waals surface area contributed by atoms with Crippen molar-refractivity contribution in [2.24, 2.45) is 0 Å². The van der Waals surface area contributed by atoms with E-state index < -0.39 is 0 Å². The maximum atomic E-state index is 11.3. The number of nitro benzene ring substituents is 1. The van der Waals surface area contributed by atoms with E-state index in [0.29, 0.717) is 29.9 Å². The lowest BCUT2D eigenvalue weighted by molar-refractivity contribution is -0.385. The molecule has 4 rings (SSSR count). The fourth-order valence-corrected chi connectivity index (χ4v) is 3.64. The third kappa shape index (κ3) is 4.68. The number of benzene rings is 2. The van der Waals surface area contributed by atoms with E-state index in [1.54, 1.807) is 18.2 Å². The molecule has 1 heterocycles. The SMILES string of the molecule is O=[N+]([O-])c1ccccc1CNc1cc(-c2ccccc2)nc(NC2CCCC2)n1. The van der Waals surface area contributed by atoms with E-state index >= 15 is 0 Å². The third-order valence-corrected chi connectivity index (χ3v) is 5.13. The van der Waals surface area contributed by atoms with Gasteiger partial charge in [-0.25, -0.2) is 4.98 Å². The fourth-order valence-electron chi connectivity index (χ4n) is 3.64. The predicted octanol–water partition coefficient (Wildman–Crippen LogP) is 5.02. The lowest BCUT2D eigenvalue weighted by Gasteiger charge is -2.15. The maximum absolute atomic E-state index is 11.3. The summed E-state index contributed by atoms with van der Waals surface area (Å²) in [5, 5.41) is 17.9. The minimum atomic E-state index is -0.362. The maximum Gasteiger partial charge on any atom is 0.274 e. The topological polar surface area (TPSA) is 93.0 Å². The predicted molar refractivity (Wildman–Crippen MR) is 114 cm³/mol. The van der Waals surface area contributed by atoms with Crippen molar-refractivity contribution in [3.63, 3.8) is 0 Å². The van der Waals surface area contributed by atoms with E-state index in [-0.39, 0.29) is 10.6 Å². The number of nitrogens with one attached hydrogen (secondary N) is 2. The molecule has 1 fully saturated rings. The van der Waals surface area contributed by atoms with Crippen LogP contribution in [-0.4, -0.2) is 20.9 Å². The largest absolute Gasteiger partial charge is 0.366 e. The molecule has 148 valence electrons. The van der Waals surface area contributed by atoms with Gasteiger partial charge in [-0.1, -0.05) is 61.4 Å². The molecule has 0 bridgehead atoms. The standard InChI is InChI=1S/C22H23N5O2/c28-27(29)20-13-7-4-10-17(20)15-23-21-14-19(16-8-2-1-3-9-16)25-22(26-21)24-18-11-5-6-12-18/h1-4,7-10,13-14,18H,5-6,11-12,15H2,(H2,23,24,25,26). The molecule has 0 amide bonds. The molecule has 7 heteroatoms. The molecule has 1 aromatic heterocycles. The van der Waals surface area contributed by atoms with E-state index in [9.17, 15) is 10.1 Å². The van der Waals surface area contributed by atoms with Gasteiger partial charge in [0, 0.05) is 35.8 Å². The second-order valence-corrected chi connectivity index (χ2v) is 7.19. The lowest BCUT2D eigenvalue weighted by atomic mass is 10.1. The van der Waals surface area contributed by atoms with Crippen LogP contribution in [0.2, 0.25) is 0 Å². The van der Waals surface area contributed by atoms with E-state index in [1.807, 2.05) is 36.4 Å². The summed E-state index contributed by atoms with van der Waals surface area (Å²) >= 11 is 0. The van der Waals surface area contributed by atoms with E-state index in [0.717, 1.165) is 24.1 Å². The van der Waals surface area contributed by atoms with Crippen molar-refractivity contribution < 1.29 is 4.92 Å². The van der Waals surface area contributed by atoms with Crippen LogP contribution in [0.4, 0.5) is 17.5 Å². The van der Waals surface area contributed by atoms with E-state index in [4.69, 9.17) is 4.98 Å². The zero-order valence-corrected chi connectivity index (χ0v) is 16.0. The Morgan fingerprint density at radius 3 is 2.48 bits per heavy atom. The number of para-hydroxylation sites is 1. The Hall–Kier alpha value is -3.48. The van der Waals surface area contributed by atoms with Crippen molar-refractivity contribution in [3.8, 4) is 11.3 Å². The molecule has 29 heavy (non-hydrogen) atoms. The second kappa shape index (κ2) is 8.68. The summed E-state index contributed by atoms with van der Waals surface area (Å²) in [4.78, 5) is 20.2. The number of hydrogen-bond donors (Lipinski definition) is 2. The van der Waals surface area contributed by atoms with Crippen LogP contribution in [0.5, 0.6) is 0 Å². The van der Waals surface area contributed by atoms with Crippen molar-refractivity contribution in [1.82, 2.24) is 9.97 Å². The van der Waals surface area contributed by atoms with Crippen molar-refractivity contribution in [3.05, 3.63) is 76.3 Å². The van der Waals surface area contributed by atoms with Crippen molar-refractivity contribution >= 4 is 17.5 Å². The Kier molecular flexibility index (Phi) is 5.65. The van der Waals surface area contributed by atoms with Crippen LogP contribution in [0.1, 0.15) is 31.2 Å². The molecule has 0 unspecified atom stereocenters. The van der Waals surface area contributed by atoms with Gasteiger partial charge in [-0.3, -0.25) is 10.1 Å². The van der Waals surface area contributed by atoms with Gasteiger partial charge < -0.3 is 10.6 Å². The molecule has 1 saturated carbocycles. The monoisotopic (exact) mass is 389 g/mol. The van der Waals surface area contributed by atoms with Crippen LogP contribution in [0.25, 0.3) is 11.3 Å². The average Bonchev–Trinajstić information content (AvgIpc) is 3.26. The highest BCUT2D eigenvalue weighted by molar-refractivity contribution is 5.64. The van der Waals surface area contributed by atoms with Crippen LogP contribution < -0.4 is 10.6 Å². The fraction of sp³-hybridized carbons (Fsp3) is 0.273. The summed E-state index contributed by atoms with van der Waals surface area (Å²) in [5.41, 5.74) is 2.52. The van der Waals surface area contributed by atoms with Crippen LogP contribution in [0.3, 0.4) is 0 Å². The molecule has 1 aliphatic carbocycles. The van der Waals surface area contributed by atoms with Gasteiger partial charge in [-0.2, -0.15) is 4.98 Å². The van der Waals surface area contributed by atoms with Crippen LogP contribution in [0, 0.1) is 10.1 Å². The number of aromatic nitrogens is 2. The molecule has 2 aromatic carbocycles. The molecule has 2 N–H and O–H groups in total. The minimum absolute atomic E-state index is 0.0987. The number of hydrogen-bond acceptors (Lipinski definition) is 6. The first-order valence-corrected chi connectivity index (χ1v) is 9.86. The van der Waals surface area contributed by atoms with Gasteiger partial charge in [0.25, 0.3) is 5.69 Å². The summed E-state index contributed by atoms with van der Waals surface area (Å²) in [6.45, 7) is 0.311. The summed E-state index contributed by atoms with van der Waals surface area (Å²) in [5.74, 6) is 1.22. The Balaban J connectivity index is 1.60. The van der Waals surface area contributed by atoms with Gasteiger partial charge in [-0.15, -0.1) is 0 Å². The molecular formula is C22H23N5O2. The van der Waals surface area contributed by atoms with Crippen LogP contribution >= 0.6 is 0 Å². The molecular weight excluding hydrogens is 366 g/mol. The summed E-state index contributed by atoms with van der Waals surface area (Å²) in [7, 11) is 0. The molecule has 0 spiro atoms. The van der Waals surface area contributed by atoms with Crippen molar-refractivity contribution in [2.45, 2.75) is 38.3 Å². The van der Waals surface area contributed by atoms with Gasteiger partial charge in [0.15, 0.2) is 0 Å². The molecule has 3 aromatic rings. The first-order chi connectivity index (χ1) is 14.2. The highest BCUT2D eigenvalue weighted by Crippen LogP contribution is 2.26. The molecule has 0 aliphatic heterocycles. The molecule has 7 nitrogen and oxygen atoms in total. The average molecular weight is 389 g/mol. The Labute approximate surface area is 169 Å². The molecule has 1 aliphatic rings. The number of nitro groups is 1. The Morgan fingerprint density at radius 1 is 1.00 bits per heavy atom. The molecule has 0 saturated heterocycles. The Bertz CT molecular complexity index is 988. The zero-order chi connectivity index (χ0) is 20.1. The van der Waals surface area contributed by atoms with Crippen LogP contribution in [-0.2, 0) is 6.54 Å². The highest BCUT2D eigenvalue weighted by atomic mass is 16.6. The van der Waals surface area contributed by atoms with Crippen molar-refractivity contribution in [2.75, 3.05) is 10.6 Å². The number of nitrogens with zero attached hydrogens (tertiary/aromatic N) is 3. The molecule has 0 radical (unpaired) electrons. The zero-order valence-electron chi connectivity index (χ0n) is 16.0. The third-order valence-electron chi connectivity index (χ3n) is 5.13. The highest BCUT2D eigenvalue weighted by Gasteiger charge is 2.17. The summed E-state index contributed by atoms with van der Waals surface area (Å²) in [6.07, 6.45) is 4.69. The minimum Gasteiger partial charge on any atom is -0.366 e. The first kappa shape index (κ1) is 18.9. The van der Waals surface area contributed by atoms with Gasteiger partial charge in [0.05, 0.1) is 10.6 Å². The normalized spacial score (nSPS) is 13.9. The summed E-state index contributed by atoms with van der Waals surface area (Å²) < 4.78 is 0. The van der Waals surface area contributed by atoms with Gasteiger partial charge in [-0.05, 0) is 12.8 Å². The quantitative estimate of drug-likeness (QED) is 0.435. The number of rotatable bonds is 7. The first-order valence-electron chi connectivity index (χ1n) is 9.86. The van der Waals surface area contributed by atoms with Gasteiger partial charge in [0.1, 0.15) is 5.82 Å². The van der Waals surface area contributed by atoms with Gasteiger partial charge >= 0.3 is 0 Å².